The summed E-state index contributed by atoms with van der Waals surface area (Å²) in [6.07, 6.45) is 0. The van der Waals surface area contributed by atoms with E-state index in [2.05, 4.69) is 18.3 Å². The number of ether oxygens (including phenoxy) is 1. The topological polar surface area (TPSA) is 55.4 Å². The van der Waals surface area contributed by atoms with Crippen LogP contribution < -0.4 is 5.32 Å². The molecule has 0 amide bonds. The zero-order chi connectivity index (χ0) is 12.7. The molecule has 0 aliphatic rings. The van der Waals surface area contributed by atoms with E-state index in [1.54, 1.807) is 11.3 Å². The van der Waals surface area contributed by atoms with Crippen molar-refractivity contribution in [2.45, 2.75) is 13.5 Å². The first kappa shape index (κ1) is 14.6. The minimum atomic E-state index is -2.98. The average Bonchev–Trinajstić information content (AvgIpc) is 2.68. The predicted molar refractivity (Wildman–Crippen MR) is 71.3 cm³/mol. The van der Waals surface area contributed by atoms with Gasteiger partial charge >= 0.3 is 0 Å². The van der Waals surface area contributed by atoms with Gasteiger partial charge in [-0.1, -0.05) is 0 Å². The molecule has 0 saturated heterocycles. The Morgan fingerprint density at radius 2 is 2.18 bits per heavy atom. The molecule has 1 aromatic rings. The first-order chi connectivity index (χ1) is 8.05. The smallest absolute Gasteiger partial charge is 0.153 e. The lowest BCUT2D eigenvalue weighted by Gasteiger charge is -2.05. The Balaban J connectivity index is 2.22. The predicted octanol–water partition coefficient (Wildman–Crippen LogP) is 1.21. The second-order valence-electron chi connectivity index (χ2n) is 3.85. The molecule has 1 N–H and O–H groups in total. The van der Waals surface area contributed by atoms with Gasteiger partial charge in [0.05, 0.1) is 18.1 Å². The molecule has 0 atom stereocenters. The fourth-order valence-electron chi connectivity index (χ4n) is 1.33. The van der Waals surface area contributed by atoms with Crippen molar-refractivity contribution in [1.29, 1.82) is 0 Å². The second-order valence-corrected chi connectivity index (χ2v) is 7.15. The molecular formula is C11H19NO3S2. The number of methoxy groups -OCH3 is 1. The van der Waals surface area contributed by atoms with E-state index in [9.17, 15) is 8.42 Å². The number of nitrogens with one attached hydrogen (secondary N) is 1. The maximum Gasteiger partial charge on any atom is 0.153 e. The van der Waals surface area contributed by atoms with Crippen LogP contribution in [0.4, 0.5) is 0 Å². The van der Waals surface area contributed by atoms with Gasteiger partial charge in [-0.15, -0.1) is 11.3 Å². The molecular weight excluding hydrogens is 258 g/mol. The van der Waals surface area contributed by atoms with E-state index in [0.717, 1.165) is 6.54 Å². The van der Waals surface area contributed by atoms with Gasteiger partial charge in [-0.05, 0) is 23.9 Å². The summed E-state index contributed by atoms with van der Waals surface area (Å²) < 4.78 is 27.8. The summed E-state index contributed by atoms with van der Waals surface area (Å²) in [5.74, 6) is 0.268. The Kier molecular flexibility index (Phi) is 6.11. The molecule has 0 aromatic carbocycles. The molecule has 0 aliphatic heterocycles. The number of aryl methyl sites for hydroxylation is 1. The molecule has 0 saturated carbocycles. The molecule has 0 spiro atoms. The maximum atomic E-state index is 11.5. The molecule has 0 bridgehead atoms. The zero-order valence-corrected chi connectivity index (χ0v) is 11.9. The lowest BCUT2D eigenvalue weighted by atomic mass is 10.3. The minimum Gasteiger partial charge on any atom is -0.384 e. The summed E-state index contributed by atoms with van der Waals surface area (Å²) in [5.41, 5.74) is 1.25. The standard InChI is InChI=1S/C11H19NO3S2/c1-10-3-6-16-11(10)9-12-4-7-17(13,14)8-5-15-2/h3,6,12H,4-5,7-9H2,1-2H3. The fourth-order valence-corrected chi connectivity index (χ4v) is 3.28. The van der Waals surface area contributed by atoms with Gasteiger partial charge in [0.25, 0.3) is 0 Å². The Morgan fingerprint density at radius 3 is 2.76 bits per heavy atom. The van der Waals surface area contributed by atoms with E-state index in [0.29, 0.717) is 6.54 Å². The van der Waals surface area contributed by atoms with Gasteiger partial charge in [0, 0.05) is 25.1 Å². The Bertz CT molecular complexity index is 426. The number of sulfone groups is 1. The molecule has 0 fully saturated rings. The van der Waals surface area contributed by atoms with E-state index in [1.807, 2.05) is 5.38 Å². The van der Waals surface area contributed by atoms with Crippen molar-refractivity contribution < 1.29 is 13.2 Å². The molecule has 1 heterocycles. The molecule has 6 heteroatoms. The molecule has 1 aromatic heterocycles. The van der Waals surface area contributed by atoms with Crippen LogP contribution in [0, 0.1) is 6.92 Å². The van der Waals surface area contributed by atoms with Crippen molar-refractivity contribution >= 4 is 21.2 Å². The van der Waals surface area contributed by atoms with Crippen LogP contribution in [0.5, 0.6) is 0 Å². The third-order valence-corrected chi connectivity index (χ3v) is 5.08. The third kappa shape index (κ3) is 5.63. The summed E-state index contributed by atoms with van der Waals surface area (Å²) in [7, 11) is -1.47. The maximum absolute atomic E-state index is 11.5. The molecule has 1 rings (SSSR count). The largest absolute Gasteiger partial charge is 0.384 e. The lowest BCUT2D eigenvalue weighted by Crippen LogP contribution is -2.25. The van der Waals surface area contributed by atoms with Crippen molar-refractivity contribution in [1.82, 2.24) is 5.32 Å². The first-order valence-corrected chi connectivity index (χ1v) is 8.18. The van der Waals surface area contributed by atoms with E-state index in [4.69, 9.17) is 4.74 Å². The van der Waals surface area contributed by atoms with Crippen molar-refractivity contribution in [3.05, 3.63) is 21.9 Å². The summed E-state index contributed by atoms with van der Waals surface area (Å²) in [6, 6.07) is 2.07. The van der Waals surface area contributed by atoms with Crippen LogP contribution in [0.2, 0.25) is 0 Å². The van der Waals surface area contributed by atoms with Gasteiger partial charge in [0.1, 0.15) is 0 Å². The van der Waals surface area contributed by atoms with Crippen LogP contribution in [0.25, 0.3) is 0 Å². The van der Waals surface area contributed by atoms with Gasteiger partial charge in [0.15, 0.2) is 9.84 Å². The van der Waals surface area contributed by atoms with Crippen LogP contribution in [0.1, 0.15) is 10.4 Å². The average molecular weight is 277 g/mol. The Labute approximate surface area is 107 Å². The summed E-state index contributed by atoms with van der Waals surface area (Å²) in [6.45, 7) is 3.56. The number of hydrogen-bond acceptors (Lipinski definition) is 5. The van der Waals surface area contributed by atoms with E-state index in [-0.39, 0.29) is 18.1 Å². The molecule has 17 heavy (non-hydrogen) atoms. The highest BCUT2D eigenvalue weighted by Crippen LogP contribution is 2.14. The van der Waals surface area contributed by atoms with Gasteiger partial charge in [-0.2, -0.15) is 0 Å². The molecule has 0 unspecified atom stereocenters. The van der Waals surface area contributed by atoms with Crippen LogP contribution in [-0.4, -0.2) is 40.2 Å². The SMILES string of the molecule is COCCS(=O)(=O)CCNCc1sccc1C. The molecule has 98 valence electrons. The Morgan fingerprint density at radius 1 is 1.41 bits per heavy atom. The highest BCUT2D eigenvalue weighted by Gasteiger charge is 2.09. The number of hydrogen-bond donors (Lipinski definition) is 1. The van der Waals surface area contributed by atoms with Crippen molar-refractivity contribution in [3.8, 4) is 0 Å². The number of thiophene rings is 1. The van der Waals surface area contributed by atoms with Crippen molar-refractivity contribution in [3.63, 3.8) is 0 Å². The Hall–Kier alpha value is -0.430. The van der Waals surface area contributed by atoms with Gasteiger partial charge < -0.3 is 10.1 Å². The summed E-state index contributed by atoms with van der Waals surface area (Å²) in [5, 5.41) is 5.19. The lowest BCUT2D eigenvalue weighted by molar-refractivity contribution is 0.217. The van der Waals surface area contributed by atoms with Crippen molar-refractivity contribution in [2.75, 3.05) is 31.8 Å². The van der Waals surface area contributed by atoms with E-state index < -0.39 is 9.84 Å². The second kappa shape index (κ2) is 7.10. The van der Waals surface area contributed by atoms with Crippen LogP contribution in [-0.2, 0) is 21.1 Å². The van der Waals surface area contributed by atoms with Crippen LogP contribution in [0.15, 0.2) is 11.4 Å². The van der Waals surface area contributed by atoms with Crippen molar-refractivity contribution in [2.24, 2.45) is 0 Å². The van der Waals surface area contributed by atoms with Gasteiger partial charge in [-0.25, -0.2) is 8.42 Å². The molecule has 0 aliphatic carbocycles. The number of rotatable bonds is 8. The third-order valence-electron chi connectivity index (χ3n) is 2.44. The van der Waals surface area contributed by atoms with Gasteiger partial charge in [-0.3, -0.25) is 0 Å². The van der Waals surface area contributed by atoms with Gasteiger partial charge in [0.2, 0.25) is 0 Å². The minimum absolute atomic E-state index is 0.100. The quantitative estimate of drug-likeness (QED) is 0.726. The summed E-state index contributed by atoms with van der Waals surface area (Å²) >= 11 is 1.69. The van der Waals surface area contributed by atoms with E-state index in [1.165, 1.54) is 17.6 Å². The monoisotopic (exact) mass is 277 g/mol. The normalized spacial score (nSPS) is 11.9. The highest BCUT2D eigenvalue weighted by molar-refractivity contribution is 7.91. The zero-order valence-electron chi connectivity index (χ0n) is 10.2. The van der Waals surface area contributed by atoms with Crippen LogP contribution >= 0.6 is 11.3 Å². The fraction of sp³-hybridized carbons (Fsp3) is 0.636. The van der Waals surface area contributed by atoms with Crippen LogP contribution in [0.3, 0.4) is 0 Å². The van der Waals surface area contributed by atoms with E-state index >= 15 is 0 Å². The highest BCUT2D eigenvalue weighted by atomic mass is 32.2. The molecule has 4 nitrogen and oxygen atoms in total. The summed E-state index contributed by atoms with van der Waals surface area (Å²) in [4.78, 5) is 1.26. The first-order valence-electron chi connectivity index (χ1n) is 5.48. The molecule has 0 radical (unpaired) electrons.